The highest BCUT2D eigenvalue weighted by Gasteiger charge is 2.24. The Morgan fingerprint density at radius 3 is 2.79 bits per heavy atom. The van der Waals surface area contributed by atoms with E-state index in [9.17, 15) is 4.79 Å². The van der Waals surface area contributed by atoms with Crippen LogP contribution in [-0.4, -0.2) is 52.7 Å². The standard InChI is InChI=1S/C24H30N6O3/c1-17-11-22(28-24(27-17)30-10-8-25-16-30)29-9-4-5-19(15-29)13-23(31)26-14-18-6-7-20(32-2)21(12-18)33-3/h6-8,10-12,16,19H,4-5,9,13-15H2,1-3H3,(H,26,31). The highest BCUT2D eigenvalue weighted by molar-refractivity contribution is 5.76. The molecule has 9 nitrogen and oxygen atoms in total. The molecule has 0 aliphatic carbocycles. The van der Waals surface area contributed by atoms with Gasteiger partial charge in [0.1, 0.15) is 12.1 Å². The van der Waals surface area contributed by atoms with E-state index in [1.807, 2.05) is 37.4 Å². The molecule has 3 aromatic rings. The van der Waals surface area contributed by atoms with Gasteiger partial charge in [-0.2, -0.15) is 4.98 Å². The number of carbonyl (C=O) groups excluding carboxylic acids is 1. The fourth-order valence-electron chi connectivity index (χ4n) is 4.16. The highest BCUT2D eigenvalue weighted by atomic mass is 16.5. The van der Waals surface area contributed by atoms with Crippen LogP contribution in [0.5, 0.6) is 11.5 Å². The molecule has 0 radical (unpaired) electrons. The van der Waals surface area contributed by atoms with E-state index < -0.39 is 0 Å². The second kappa shape index (κ2) is 10.3. The Morgan fingerprint density at radius 2 is 2.03 bits per heavy atom. The Balaban J connectivity index is 1.35. The van der Waals surface area contributed by atoms with Crippen molar-refractivity contribution in [3.63, 3.8) is 0 Å². The molecule has 1 saturated heterocycles. The van der Waals surface area contributed by atoms with Gasteiger partial charge in [0, 0.05) is 50.2 Å². The minimum absolute atomic E-state index is 0.0506. The van der Waals surface area contributed by atoms with E-state index in [1.165, 1.54) is 0 Å². The molecule has 33 heavy (non-hydrogen) atoms. The summed E-state index contributed by atoms with van der Waals surface area (Å²) in [6, 6.07) is 7.66. The second-order valence-electron chi connectivity index (χ2n) is 8.26. The molecule has 1 aliphatic heterocycles. The van der Waals surface area contributed by atoms with Crippen molar-refractivity contribution in [1.82, 2.24) is 24.8 Å². The van der Waals surface area contributed by atoms with Gasteiger partial charge in [0.25, 0.3) is 0 Å². The number of nitrogens with one attached hydrogen (secondary N) is 1. The molecular weight excluding hydrogens is 420 g/mol. The summed E-state index contributed by atoms with van der Waals surface area (Å²) in [5.41, 5.74) is 1.87. The lowest BCUT2D eigenvalue weighted by atomic mass is 9.94. The van der Waals surface area contributed by atoms with Crippen LogP contribution in [0.1, 0.15) is 30.5 Å². The maximum atomic E-state index is 12.6. The largest absolute Gasteiger partial charge is 0.493 e. The van der Waals surface area contributed by atoms with Crippen LogP contribution < -0.4 is 19.7 Å². The minimum atomic E-state index is 0.0506. The van der Waals surface area contributed by atoms with Crippen LogP contribution in [0, 0.1) is 12.8 Å². The molecule has 1 N–H and O–H groups in total. The molecule has 0 saturated carbocycles. The predicted molar refractivity (Wildman–Crippen MR) is 125 cm³/mol. The molecule has 1 amide bonds. The van der Waals surface area contributed by atoms with Crippen LogP contribution in [0.15, 0.2) is 43.0 Å². The Morgan fingerprint density at radius 1 is 1.18 bits per heavy atom. The van der Waals surface area contributed by atoms with Crippen LogP contribution in [-0.2, 0) is 11.3 Å². The first kappa shape index (κ1) is 22.6. The van der Waals surface area contributed by atoms with Crippen molar-refractivity contribution in [3.05, 3.63) is 54.2 Å². The number of carbonyl (C=O) groups is 1. The summed E-state index contributed by atoms with van der Waals surface area (Å²) in [4.78, 5) is 28.2. The van der Waals surface area contributed by atoms with Crippen molar-refractivity contribution >= 4 is 11.7 Å². The smallest absolute Gasteiger partial charge is 0.237 e. The molecule has 1 fully saturated rings. The Labute approximate surface area is 193 Å². The van der Waals surface area contributed by atoms with Crippen LogP contribution >= 0.6 is 0 Å². The van der Waals surface area contributed by atoms with Crippen molar-refractivity contribution < 1.29 is 14.3 Å². The van der Waals surface area contributed by atoms with Crippen molar-refractivity contribution in [2.24, 2.45) is 5.92 Å². The molecular formula is C24H30N6O3. The zero-order valence-electron chi connectivity index (χ0n) is 19.3. The number of anilines is 1. The average molecular weight is 451 g/mol. The lowest BCUT2D eigenvalue weighted by Crippen LogP contribution is -2.38. The maximum Gasteiger partial charge on any atom is 0.237 e. The first-order valence-corrected chi connectivity index (χ1v) is 11.1. The topological polar surface area (TPSA) is 94.4 Å². The Kier molecular flexibility index (Phi) is 7.07. The molecule has 0 spiro atoms. The maximum absolute atomic E-state index is 12.6. The van der Waals surface area contributed by atoms with Crippen LogP contribution in [0.3, 0.4) is 0 Å². The summed E-state index contributed by atoms with van der Waals surface area (Å²) in [5.74, 6) is 3.15. The number of benzene rings is 1. The van der Waals surface area contributed by atoms with Crippen LogP contribution in [0.25, 0.3) is 5.95 Å². The van der Waals surface area contributed by atoms with Crippen molar-refractivity contribution in [2.45, 2.75) is 32.7 Å². The summed E-state index contributed by atoms with van der Waals surface area (Å²) in [6.45, 7) is 4.14. The van der Waals surface area contributed by atoms with Gasteiger partial charge in [-0.15, -0.1) is 0 Å². The fourth-order valence-corrected chi connectivity index (χ4v) is 4.16. The quantitative estimate of drug-likeness (QED) is 0.564. The van der Waals surface area contributed by atoms with E-state index >= 15 is 0 Å². The molecule has 3 heterocycles. The summed E-state index contributed by atoms with van der Waals surface area (Å²) in [5, 5.41) is 3.04. The van der Waals surface area contributed by atoms with Gasteiger partial charge in [-0.05, 0) is 43.4 Å². The van der Waals surface area contributed by atoms with E-state index in [0.29, 0.717) is 30.4 Å². The van der Waals surface area contributed by atoms with E-state index in [-0.39, 0.29) is 11.8 Å². The normalized spacial score (nSPS) is 15.8. The monoisotopic (exact) mass is 450 g/mol. The van der Waals surface area contributed by atoms with Crippen LogP contribution in [0.2, 0.25) is 0 Å². The van der Waals surface area contributed by atoms with Gasteiger partial charge < -0.3 is 19.7 Å². The first-order chi connectivity index (χ1) is 16.1. The Hall–Kier alpha value is -3.62. The summed E-state index contributed by atoms with van der Waals surface area (Å²) in [7, 11) is 3.21. The molecule has 9 heteroatoms. The number of imidazole rings is 1. The van der Waals surface area contributed by atoms with Crippen molar-refractivity contribution in [3.8, 4) is 17.4 Å². The average Bonchev–Trinajstić information content (AvgIpc) is 3.37. The lowest BCUT2D eigenvalue weighted by Gasteiger charge is -2.33. The molecule has 0 bridgehead atoms. The summed E-state index contributed by atoms with van der Waals surface area (Å²) in [6.07, 6.45) is 7.78. The number of aryl methyl sites for hydroxylation is 1. The first-order valence-electron chi connectivity index (χ1n) is 11.1. The number of piperidine rings is 1. The fraction of sp³-hybridized carbons (Fsp3) is 0.417. The number of rotatable bonds is 8. The highest BCUT2D eigenvalue weighted by Crippen LogP contribution is 2.28. The third-order valence-electron chi connectivity index (χ3n) is 5.82. The molecule has 1 aliphatic rings. The number of hydrogen-bond donors (Lipinski definition) is 1. The van der Waals surface area contributed by atoms with Crippen molar-refractivity contribution in [1.29, 1.82) is 0 Å². The zero-order valence-corrected chi connectivity index (χ0v) is 19.3. The van der Waals surface area contributed by atoms with Gasteiger partial charge >= 0.3 is 0 Å². The molecule has 2 aromatic heterocycles. The summed E-state index contributed by atoms with van der Waals surface area (Å²) >= 11 is 0. The SMILES string of the molecule is COc1ccc(CNC(=O)CC2CCCN(c3cc(C)nc(-n4ccnc4)n3)C2)cc1OC. The number of hydrogen-bond acceptors (Lipinski definition) is 7. The number of methoxy groups -OCH3 is 2. The van der Waals surface area contributed by atoms with Gasteiger partial charge in [0.05, 0.1) is 14.2 Å². The Bertz CT molecular complexity index is 1090. The molecule has 1 unspecified atom stereocenters. The van der Waals surface area contributed by atoms with E-state index in [0.717, 1.165) is 43.0 Å². The van der Waals surface area contributed by atoms with E-state index in [2.05, 4.69) is 20.2 Å². The third kappa shape index (κ3) is 5.60. The molecule has 1 aromatic carbocycles. The van der Waals surface area contributed by atoms with Crippen molar-refractivity contribution in [2.75, 3.05) is 32.2 Å². The number of aromatic nitrogens is 4. The number of ether oxygens (including phenoxy) is 2. The van der Waals surface area contributed by atoms with E-state index in [4.69, 9.17) is 14.5 Å². The van der Waals surface area contributed by atoms with Gasteiger partial charge in [0.15, 0.2) is 11.5 Å². The van der Waals surface area contributed by atoms with E-state index in [1.54, 1.807) is 31.3 Å². The second-order valence-corrected chi connectivity index (χ2v) is 8.26. The lowest BCUT2D eigenvalue weighted by molar-refractivity contribution is -0.122. The molecule has 174 valence electrons. The summed E-state index contributed by atoms with van der Waals surface area (Å²) < 4.78 is 12.4. The predicted octanol–water partition coefficient (Wildman–Crippen LogP) is 2.91. The minimum Gasteiger partial charge on any atom is -0.493 e. The van der Waals surface area contributed by atoms with Crippen LogP contribution in [0.4, 0.5) is 5.82 Å². The number of nitrogens with zero attached hydrogens (tertiary/aromatic N) is 5. The van der Waals surface area contributed by atoms with Gasteiger partial charge in [-0.1, -0.05) is 6.07 Å². The zero-order chi connectivity index (χ0) is 23.2. The molecule has 4 rings (SSSR count). The van der Waals surface area contributed by atoms with Gasteiger partial charge in [-0.25, -0.2) is 9.97 Å². The number of amides is 1. The third-order valence-corrected chi connectivity index (χ3v) is 5.82. The van der Waals surface area contributed by atoms with Gasteiger partial charge in [-0.3, -0.25) is 9.36 Å². The molecule has 1 atom stereocenters. The van der Waals surface area contributed by atoms with Gasteiger partial charge in [0.2, 0.25) is 11.9 Å².